The van der Waals surface area contributed by atoms with Crippen molar-refractivity contribution in [2.75, 3.05) is 0 Å². The van der Waals surface area contributed by atoms with Gasteiger partial charge in [0.1, 0.15) is 5.75 Å². The van der Waals surface area contributed by atoms with Gasteiger partial charge in [0.05, 0.1) is 11.9 Å². The maximum atomic E-state index is 9.28. The number of phenolic OH excluding ortho intramolecular Hbond substituents is 1. The summed E-state index contributed by atoms with van der Waals surface area (Å²) in [6.07, 6.45) is 1.67. The molecule has 2 aromatic carbocycles. The number of benzene rings is 2. The predicted molar refractivity (Wildman–Crippen MR) is 99.7 cm³/mol. The molecule has 1 aromatic heterocycles. The highest BCUT2D eigenvalue weighted by Gasteiger charge is 2.06. The minimum atomic E-state index is 0.235. The van der Waals surface area contributed by atoms with Gasteiger partial charge >= 0.3 is 0 Å². The quantitative estimate of drug-likeness (QED) is 0.541. The van der Waals surface area contributed by atoms with Crippen molar-refractivity contribution in [3.8, 4) is 17.0 Å². The van der Waals surface area contributed by atoms with E-state index in [9.17, 15) is 5.11 Å². The molecule has 0 spiro atoms. The third kappa shape index (κ3) is 3.75. The van der Waals surface area contributed by atoms with Gasteiger partial charge in [0, 0.05) is 16.9 Å². The van der Waals surface area contributed by atoms with E-state index in [-0.39, 0.29) is 5.75 Å². The van der Waals surface area contributed by atoms with Gasteiger partial charge in [-0.2, -0.15) is 5.10 Å². The zero-order valence-electron chi connectivity index (χ0n) is 13.1. The Bertz CT molecular complexity index is 909. The van der Waals surface area contributed by atoms with Crippen molar-refractivity contribution >= 4 is 29.2 Å². The van der Waals surface area contributed by atoms with Gasteiger partial charge in [-0.05, 0) is 54.4 Å². The first-order valence-electron chi connectivity index (χ1n) is 7.47. The lowest BCUT2D eigenvalue weighted by Gasteiger charge is -2.05. The first-order valence-corrected chi connectivity index (χ1v) is 8.73. The number of aromatic hydroxyl groups is 1. The molecule has 3 rings (SSSR count). The van der Waals surface area contributed by atoms with Crippen molar-refractivity contribution in [3.05, 3.63) is 69.3 Å². The molecule has 0 atom stereocenters. The average Bonchev–Trinajstić information content (AvgIpc) is 3.00. The van der Waals surface area contributed by atoms with E-state index in [0.717, 1.165) is 33.2 Å². The second-order valence-electron chi connectivity index (χ2n) is 5.09. The summed E-state index contributed by atoms with van der Waals surface area (Å²) >= 11 is 7.50. The molecular weight excluding hydrogens is 342 g/mol. The zero-order valence-corrected chi connectivity index (χ0v) is 14.6. The summed E-state index contributed by atoms with van der Waals surface area (Å²) in [6.45, 7) is 2.88. The van der Waals surface area contributed by atoms with Crippen LogP contribution in [0.3, 0.4) is 0 Å². The Hall–Kier alpha value is -2.37. The van der Waals surface area contributed by atoms with Crippen molar-refractivity contribution in [2.45, 2.75) is 13.5 Å². The van der Waals surface area contributed by atoms with E-state index in [2.05, 4.69) is 27.1 Å². The van der Waals surface area contributed by atoms with E-state index in [1.54, 1.807) is 41.8 Å². The molecule has 0 aliphatic heterocycles. The number of nitrogens with zero attached hydrogens (tertiary/aromatic N) is 3. The highest BCUT2D eigenvalue weighted by Crippen LogP contribution is 2.22. The molecule has 4 nitrogen and oxygen atoms in total. The van der Waals surface area contributed by atoms with E-state index in [0.29, 0.717) is 0 Å². The molecule has 0 fully saturated rings. The highest BCUT2D eigenvalue weighted by atomic mass is 35.5. The lowest BCUT2D eigenvalue weighted by atomic mass is 10.2. The lowest BCUT2D eigenvalue weighted by Crippen LogP contribution is -2.14. The number of thiazole rings is 1. The summed E-state index contributed by atoms with van der Waals surface area (Å²) in [7, 11) is 0. The van der Waals surface area contributed by atoms with Crippen LogP contribution < -0.4 is 4.80 Å². The Morgan fingerprint density at radius 1 is 1.12 bits per heavy atom. The fraction of sp³-hybridized carbons (Fsp3) is 0.111. The first kappa shape index (κ1) is 16.5. The minimum Gasteiger partial charge on any atom is -0.508 e. The molecule has 0 bridgehead atoms. The molecule has 1 N–H and O–H groups in total. The molecule has 0 aliphatic carbocycles. The SMILES string of the molecule is CCn1c(-c2ccc(Cl)cc2)cs/c1=N/N=C/c1ccc(O)cc1. The second-order valence-corrected chi connectivity index (χ2v) is 6.36. The third-order valence-electron chi connectivity index (χ3n) is 3.50. The van der Waals surface area contributed by atoms with Crippen LogP contribution in [-0.4, -0.2) is 15.9 Å². The topological polar surface area (TPSA) is 49.9 Å². The number of aromatic nitrogens is 1. The smallest absolute Gasteiger partial charge is 0.211 e. The van der Waals surface area contributed by atoms with Crippen LogP contribution in [0.5, 0.6) is 5.75 Å². The molecule has 1 heterocycles. The fourth-order valence-corrected chi connectivity index (χ4v) is 3.33. The maximum absolute atomic E-state index is 9.28. The maximum Gasteiger partial charge on any atom is 0.211 e. The molecular formula is C18H16ClN3OS. The Morgan fingerprint density at radius 3 is 2.50 bits per heavy atom. The normalized spacial score (nSPS) is 12.2. The molecule has 6 heteroatoms. The number of hydrogen-bond acceptors (Lipinski definition) is 4. The number of rotatable bonds is 4. The number of halogens is 1. The van der Waals surface area contributed by atoms with Crippen molar-refractivity contribution in [2.24, 2.45) is 10.2 Å². The van der Waals surface area contributed by atoms with Crippen LogP contribution >= 0.6 is 22.9 Å². The Balaban J connectivity index is 1.91. The van der Waals surface area contributed by atoms with Crippen LogP contribution in [0.1, 0.15) is 12.5 Å². The monoisotopic (exact) mass is 357 g/mol. The van der Waals surface area contributed by atoms with Gasteiger partial charge in [0.2, 0.25) is 4.80 Å². The van der Waals surface area contributed by atoms with Crippen LogP contribution in [0.4, 0.5) is 0 Å². The summed E-state index contributed by atoms with van der Waals surface area (Å²) in [4.78, 5) is 0.831. The number of phenols is 1. The Labute approximate surface area is 149 Å². The van der Waals surface area contributed by atoms with Crippen LogP contribution in [0.25, 0.3) is 11.3 Å². The van der Waals surface area contributed by atoms with Crippen LogP contribution in [0.15, 0.2) is 64.1 Å². The fourth-order valence-electron chi connectivity index (χ4n) is 2.27. The highest BCUT2D eigenvalue weighted by molar-refractivity contribution is 7.07. The van der Waals surface area contributed by atoms with Gasteiger partial charge in [-0.1, -0.05) is 23.7 Å². The first-order chi connectivity index (χ1) is 11.7. The summed E-state index contributed by atoms with van der Waals surface area (Å²) in [5, 5.41) is 20.6. The molecule has 0 aliphatic rings. The van der Waals surface area contributed by atoms with Gasteiger partial charge < -0.3 is 9.67 Å². The van der Waals surface area contributed by atoms with Crippen molar-refractivity contribution in [1.29, 1.82) is 0 Å². The van der Waals surface area contributed by atoms with E-state index in [1.807, 2.05) is 24.3 Å². The largest absolute Gasteiger partial charge is 0.508 e. The molecule has 0 saturated heterocycles. The molecule has 0 radical (unpaired) electrons. The summed E-state index contributed by atoms with van der Waals surface area (Å²) in [6, 6.07) is 14.6. The summed E-state index contributed by atoms with van der Waals surface area (Å²) in [5.41, 5.74) is 3.08. The standard InChI is InChI=1S/C18H16ClN3OS/c1-2-22-17(14-5-7-15(19)8-6-14)12-24-18(22)21-20-11-13-3-9-16(23)10-4-13/h3-12,23H,2H2,1H3/b20-11+,21-18+. The van der Waals surface area contributed by atoms with Gasteiger partial charge in [-0.15, -0.1) is 16.4 Å². The molecule has 24 heavy (non-hydrogen) atoms. The summed E-state index contributed by atoms with van der Waals surface area (Å²) < 4.78 is 2.11. The van der Waals surface area contributed by atoms with Gasteiger partial charge in [-0.25, -0.2) is 0 Å². The van der Waals surface area contributed by atoms with Crippen molar-refractivity contribution in [3.63, 3.8) is 0 Å². The molecule has 3 aromatic rings. The van der Waals surface area contributed by atoms with Gasteiger partial charge in [-0.3, -0.25) is 0 Å². The van der Waals surface area contributed by atoms with Crippen molar-refractivity contribution in [1.82, 2.24) is 4.57 Å². The van der Waals surface area contributed by atoms with Crippen LogP contribution in [0.2, 0.25) is 5.02 Å². The van der Waals surface area contributed by atoms with E-state index >= 15 is 0 Å². The lowest BCUT2D eigenvalue weighted by molar-refractivity contribution is 0.475. The van der Waals surface area contributed by atoms with E-state index < -0.39 is 0 Å². The molecule has 0 amide bonds. The van der Waals surface area contributed by atoms with Gasteiger partial charge in [0.25, 0.3) is 0 Å². The average molecular weight is 358 g/mol. The van der Waals surface area contributed by atoms with E-state index in [1.165, 1.54) is 0 Å². The van der Waals surface area contributed by atoms with E-state index in [4.69, 9.17) is 11.6 Å². The molecule has 0 unspecified atom stereocenters. The molecule has 122 valence electrons. The van der Waals surface area contributed by atoms with Gasteiger partial charge in [0.15, 0.2) is 0 Å². The minimum absolute atomic E-state index is 0.235. The summed E-state index contributed by atoms with van der Waals surface area (Å²) in [5.74, 6) is 0.235. The second kappa shape index (κ2) is 7.47. The Kier molecular flexibility index (Phi) is 5.13. The predicted octanol–water partition coefficient (Wildman–Crippen LogP) is 4.53. The Morgan fingerprint density at radius 2 is 1.83 bits per heavy atom. The number of hydrogen-bond donors (Lipinski definition) is 1. The van der Waals surface area contributed by atoms with Crippen molar-refractivity contribution < 1.29 is 5.11 Å². The third-order valence-corrected chi connectivity index (χ3v) is 4.60. The molecule has 0 saturated carbocycles. The van der Waals surface area contributed by atoms with Crippen LogP contribution in [-0.2, 0) is 6.54 Å². The van der Waals surface area contributed by atoms with Crippen LogP contribution in [0, 0.1) is 0 Å². The zero-order chi connectivity index (χ0) is 16.9.